The monoisotopic (exact) mass is 558 g/mol. The largest absolute Gasteiger partial charge is 0.493 e. The van der Waals surface area contributed by atoms with Crippen molar-refractivity contribution in [1.29, 1.82) is 0 Å². The quantitative estimate of drug-likeness (QED) is 0.311. The van der Waals surface area contributed by atoms with Gasteiger partial charge in [-0.3, -0.25) is 4.99 Å². The van der Waals surface area contributed by atoms with Gasteiger partial charge in [0.15, 0.2) is 23.2 Å². The van der Waals surface area contributed by atoms with Gasteiger partial charge in [0.05, 0.1) is 19.2 Å². The molecule has 0 saturated heterocycles. The Bertz CT molecular complexity index is 859. The zero-order chi connectivity index (χ0) is 21.6. The SMILES string of the molecule is CN=C(NCCc1nc(C(F)(F)F)cs1)N(C)Cc1cc(OC)c(OC)cc1C.I. The predicted molar refractivity (Wildman–Crippen MR) is 123 cm³/mol. The van der Waals surface area contributed by atoms with E-state index < -0.39 is 11.9 Å². The van der Waals surface area contributed by atoms with Crippen molar-refractivity contribution in [2.24, 2.45) is 4.99 Å². The summed E-state index contributed by atoms with van der Waals surface area (Å²) in [6.07, 6.45) is -4.03. The molecular weight excluding hydrogens is 532 g/mol. The van der Waals surface area contributed by atoms with E-state index in [2.05, 4.69) is 15.3 Å². The molecule has 0 aliphatic heterocycles. The number of aromatic nitrogens is 1. The first kappa shape index (κ1) is 26.3. The van der Waals surface area contributed by atoms with Gasteiger partial charge >= 0.3 is 6.18 Å². The molecule has 0 radical (unpaired) electrons. The van der Waals surface area contributed by atoms with Gasteiger partial charge in [-0.1, -0.05) is 0 Å². The predicted octanol–water partition coefficient (Wildman–Crippen LogP) is 4.36. The maximum Gasteiger partial charge on any atom is 0.434 e. The molecule has 30 heavy (non-hydrogen) atoms. The molecule has 0 saturated carbocycles. The molecule has 0 amide bonds. The van der Waals surface area contributed by atoms with E-state index in [0.717, 1.165) is 27.8 Å². The van der Waals surface area contributed by atoms with E-state index in [-0.39, 0.29) is 24.0 Å². The average Bonchev–Trinajstić information content (AvgIpc) is 3.15. The Morgan fingerprint density at radius 3 is 2.40 bits per heavy atom. The molecule has 1 aromatic carbocycles. The van der Waals surface area contributed by atoms with Crippen LogP contribution in [0.2, 0.25) is 0 Å². The fourth-order valence-corrected chi connectivity index (χ4v) is 3.55. The number of aliphatic imine (C=N–C) groups is 1. The molecule has 1 N–H and O–H groups in total. The van der Waals surface area contributed by atoms with Crippen LogP contribution in [0, 0.1) is 6.92 Å². The number of halogens is 4. The minimum absolute atomic E-state index is 0. The Kier molecular flexibility index (Phi) is 10.1. The first-order chi connectivity index (χ1) is 13.7. The molecule has 2 rings (SSSR count). The van der Waals surface area contributed by atoms with E-state index in [1.54, 1.807) is 21.3 Å². The van der Waals surface area contributed by atoms with E-state index >= 15 is 0 Å². The lowest BCUT2D eigenvalue weighted by molar-refractivity contribution is -0.140. The molecule has 11 heteroatoms. The zero-order valence-electron chi connectivity index (χ0n) is 17.5. The number of rotatable bonds is 7. The van der Waals surface area contributed by atoms with Crippen molar-refractivity contribution < 1.29 is 22.6 Å². The number of hydrogen-bond acceptors (Lipinski definition) is 5. The summed E-state index contributed by atoms with van der Waals surface area (Å²) in [5.41, 5.74) is 1.25. The van der Waals surface area contributed by atoms with Crippen molar-refractivity contribution >= 4 is 41.3 Å². The van der Waals surface area contributed by atoms with Crippen molar-refractivity contribution in [1.82, 2.24) is 15.2 Å². The van der Waals surface area contributed by atoms with Gasteiger partial charge in [0, 0.05) is 39.0 Å². The molecule has 1 heterocycles. The number of thiazole rings is 1. The number of ether oxygens (including phenoxy) is 2. The van der Waals surface area contributed by atoms with Gasteiger partial charge in [-0.25, -0.2) is 4.98 Å². The van der Waals surface area contributed by atoms with Crippen LogP contribution >= 0.6 is 35.3 Å². The van der Waals surface area contributed by atoms with Gasteiger partial charge in [0.1, 0.15) is 0 Å². The zero-order valence-corrected chi connectivity index (χ0v) is 20.6. The molecule has 2 aromatic rings. The Balaban J connectivity index is 0.00000450. The lowest BCUT2D eigenvalue weighted by Crippen LogP contribution is -2.39. The molecule has 6 nitrogen and oxygen atoms in total. The maximum absolute atomic E-state index is 12.6. The van der Waals surface area contributed by atoms with E-state index in [1.165, 1.54) is 0 Å². The van der Waals surface area contributed by atoms with E-state index in [1.807, 2.05) is 31.0 Å². The number of benzene rings is 1. The van der Waals surface area contributed by atoms with Crippen LogP contribution in [-0.4, -0.2) is 50.7 Å². The van der Waals surface area contributed by atoms with Gasteiger partial charge < -0.3 is 19.7 Å². The van der Waals surface area contributed by atoms with Crippen LogP contribution in [0.5, 0.6) is 11.5 Å². The number of guanidine groups is 1. The van der Waals surface area contributed by atoms with Crippen LogP contribution in [0.15, 0.2) is 22.5 Å². The first-order valence-electron chi connectivity index (χ1n) is 8.84. The van der Waals surface area contributed by atoms with Gasteiger partial charge in [-0.2, -0.15) is 13.2 Å². The molecule has 0 aliphatic rings. The summed E-state index contributed by atoms with van der Waals surface area (Å²) in [6, 6.07) is 3.84. The fourth-order valence-electron chi connectivity index (χ4n) is 2.75. The summed E-state index contributed by atoms with van der Waals surface area (Å²) in [7, 11) is 6.72. The number of hydrogen-bond donors (Lipinski definition) is 1. The Labute approximate surface area is 195 Å². The summed E-state index contributed by atoms with van der Waals surface area (Å²) in [5.74, 6) is 1.95. The highest BCUT2D eigenvalue weighted by atomic mass is 127. The summed E-state index contributed by atoms with van der Waals surface area (Å²) >= 11 is 1.01. The van der Waals surface area contributed by atoms with Crippen molar-refractivity contribution in [3.05, 3.63) is 39.3 Å². The van der Waals surface area contributed by atoms with Crippen LogP contribution in [0.3, 0.4) is 0 Å². The maximum atomic E-state index is 12.6. The van der Waals surface area contributed by atoms with Crippen molar-refractivity contribution in [3.63, 3.8) is 0 Å². The topological polar surface area (TPSA) is 59.0 Å². The highest BCUT2D eigenvalue weighted by molar-refractivity contribution is 14.0. The molecule has 0 aliphatic carbocycles. The second-order valence-electron chi connectivity index (χ2n) is 6.34. The van der Waals surface area contributed by atoms with E-state index in [0.29, 0.717) is 42.0 Å². The van der Waals surface area contributed by atoms with Crippen LogP contribution in [-0.2, 0) is 19.1 Å². The van der Waals surface area contributed by atoms with Crippen LogP contribution in [0.4, 0.5) is 13.2 Å². The smallest absolute Gasteiger partial charge is 0.434 e. The van der Waals surface area contributed by atoms with Crippen molar-refractivity contribution in [3.8, 4) is 11.5 Å². The minimum atomic E-state index is -4.41. The van der Waals surface area contributed by atoms with Gasteiger partial charge in [0.2, 0.25) is 0 Å². The summed E-state index contributed by atoms with van der Waals surface area (Å²) in [5, 5.41) is 4.63. The fraction of sp³-hybridized carbons (Fsp3) is 0.474. The number of nitrogens with zero attached hydrogens (tertiary/aromatic N) is 3. The number of aryl methyl sites for hydroxylation is 1. The summed E-state index contributed by atoms with van der Waals surface area (Å²) in [6.45, 7) is 2.98. The molecular formula is C19H26F3IN4O2S. The van der Waals surface area contributed by atoms with Crippen LogP contribution in [0.1, 0.15) is 21.8 Å². The second-order valence-corrected chi connectivity index (χ2v) is 7.28. The highest BCUT2D eigenvalue weighted by Crippen LogP contribution is 2.31. The number of nitrogens with one attached hydrogen (secondary N) is 1. The lowest BCUT2D eigenvalue weighted by atomic mass is 10.1. The molecule has 0 unspecified atom stereocenters. The molecule has 0 bridgehead atoms. The molecule has 1 aromatic heterocycles. The van der Waals surface area contributed by atoms with Gasteiger partial charge in [-0.05, 0) is 30.2 Å². The second kappa shape index (κ2) is 11.6. The first-order valence-corrected chi connectivity index (χ1v) is 9.72. The average molecular weight is 558 g/mol. The Morgan fingerprint density at radius 2 is 1.87 bits per heavy atom. The molecule has 168 valence electrons. The lowest BCUT2D eigenvalue weighted by Gasteiger charge is -2.23. The van der Waals surface area contributed by atoms with Gasteiger partial charge in [0.25, 0.3) is 0 Å². The number of alkyl halides is 3. The number of methoxy groups -OCH3 is 2. The van der Waals surface area contributed by atoms with Crippen LogP contribution < -0.4 is 14.8 Å². The third-order valence-electron chi connectivity index (χ3n) is 4.29. The van der Waals surface area contributed by atoms with Crippen molar-refractivity contribution in [2.75, 3.05) is 34.9 Å². The summed E-state index contributed by atoms with van der Waals surface area (Å²) < 4.78 is 48.6. The molecule has 0 fully saturated rings. The third-order valence-corrected chi connectivity index (χ3v) is 5.20. The minimum Gasteiger partial charge on any atom is -0.493 e. The Morgan fingerprint density at radius 1 is 1.23 bits per heavy atom. The van der Waals surface area contributed by atoms with Crippen molar-refractivity contribution in [2.45, 2.75) is 26.1 Å². The normalized spacial score (nSPS) is 11.7. The third kappa shape index (κ3) is 6.89. The summed E-state index contributed by atoms with van der Waals surface area (Å²) in [4.78, 5) is 9.81. The van der Waals surface area contributed by atoms with Gasteiger partial charge in [-0.15, -0.1) is 35.3 Å². The van der Waals surface area contributed by atoms with Crippen LogP contribution in [0.25, 0.3) is 0 Å². The Hall–Kier alpha value is -1.76. The molecule has 0 spiro atoms. The van der Waals surface area contributed by atoms with E-state index in [4.69, 9.17) is 9.47 Å². The van der Waals surface area contributed by atoms with E-state index in [9.17, 15) is 13.2 Å². The molecule has 0 atom stereocenters. The standard InChI is InChI=1S/C19H25F3N4O2S.HI/c1-12-8-14(27-4)15(28-5)9-13(12)10-26(3)18(23-2)24-7-6-17-25-16(11-29-17)19(20,21)22;/h8-9,11H,6-7,10H2,1-5H3,(H,23,24);1H. The highest BCUT2D eigenvalue weighted by Gasteiger charge is 2.33.